The number of hydrogen-bond acceptors (Lipinski definition) is 0. The average Bonchev–Trinajstić information content (AvgIpc) is 1.20. The van der Waals surface area contributed by atoms with Crippen LogP contribution in [0.3, 0.4) is 0 Å². The van der Waals surface area contributed by atoms with E-state index in [4.69, 9.17) is 0 Å². The van der Waals surface area contributed by atoms with Crippen LogP contribution in [0, 0.1) is 0 Å². The van der Waals surface area contributed by atoms with Crippen molar-refractivity contribution in [1.29, 1.82) is 0 Å². The van der Waals surface area contributed by atoms with Crippen molar-refractivity contribution in [3.05, 3.63) is 0 Å². The van der Waals surface area contributed by atoms with Crippen LogP contribution in [0.25, 0.3) is 0 Å². The van der Waals surface area contributed by atoms with Gasteiger partial charge in [-0.1, -0.05) is 0 Å². The van der Waals surface area contributed by atoms with Gasteiger partial charge in [-0.05, 0) is 13.8 Å². The second-order valence-electron chi connectivity index (χ2n) is 3.18. The Bertz CT molecular complexity index is 83.1. The Morgan fingerprint density at radius 2 is 1.25 bits per heavy atom. The van der Waals surface area contributed by atoms with Crippen molar-refractivity contribution >= 4 is 0 Å². The fourth-order valence-electron chi connectivity index (χ4n) is 1.49. The van der Waals surface area contributed by atoms with Gasteiger partial charge in [0.2, 0.25) is 0 Å². The van der Waals surface area contributed by atoms with Gasteiger partial charge in [0.15, 0.2) is 0 Å². The third-order valence-corrected chi connectivity index (χ3v) is 1.47. The standard InChI is InChI=1S/C6H10F2/c1-5(7)3-6(2,8)4-5/h3-4H2,1-2H3. The molecule has 1 fully saturated rings. The monoisotopic (exact) mass is 120 g/mol. The van der Waals surface area contributed by atoms with Gasteiger partial charge in [-0.2, -0.15) is 0 Å². The van der Waals surface area contributed by atoms with Crippen molar-refractivity contribution in [2.45, 2.75) is 38.0 Å². The summed E-state index contributed by atoms with van der Waals surface area (Å²) in [5.74, 6) is 0. The van der Waals surface area contributed by atoms with Crippen LogP contribution in [0.2, 0.25) is 0 Å². The van der Waals surface area contributed by atoms with Gasteiger partial charge < -0.3 is 0 Å². The summed E-state index contributed by atoms with van der Waals surface area (Å²) >= 11 is 0. The van der Waals surface area contributed by atoms with Crippen LogP contribution in [0.15, 0.2) is 0 Å². The van der Waals surface area contributed by atoms with Crippen molar-refractivity contribution in [1.82, 2.24) is 0 Å². The maximum absolute atomic E-state index is 12.5. The lowest BCUT2D eigenvalue weighted by Gasteiger charge is -2.41. The van der Waals surface area contributed by atoms with Crippen LogP contribution >= 0.6 is 0 Å². The van der Waals surface area contributed by atoms with Gasteiger partial charge >= 0.3 is 0 Å². The van der Waals surface area contributed by atoms with Crippen molar-refractivity contribution < 1.29 is 8.78 Å². The molecule has 0 N–H and O–H groups in total. The molecule has 1 rings (SSSR count). The van der Waals surface area contributed by atoms with Crippen molar-refractivity contribution in [3.8, 4) is 0 Å². The first-order valence-electron chi connectivity index (χ1n) is 2.79. The molecule has 0 bridgehead atoms. The molecular weight excluding hydrogens is 110 g/mol. The third kappa shape index (κ3) is 0.984. The summed E-state index contributed by atoms with van der Waals surface area (Å²) in [5, 5.41) is 0. The Hall–Kier alpha value is -0.140. The molecule has 0 nitrogen and oxygen atoms in total. The highest BCUT2D eigenvalue weighted by Gasteiger charge is 2.49. The lowest BCUT2D eigenvalue weighted by Crippen LogP contribution is -2.46. The fourth-order valence-corrected chi connectivity index (χ4v) is 1.49. The minimum absolute atomic E-state index is 0.0694. The highest BCUT2D eigenvalue weighted by atomic mass is 19.2. The summed E-state index contributed by atoms with van der Waals surface area (Å²) in [5.41, 5.74) is -2.44. The van der Waals surface area contributed by atoms with E-state index in [0.717, 1.165) is 0 Å². The van der Waals surface area contributed by atoms with Gasteiger partial charge in [0.1, 0.15) is 11.3 Å². The quantitative estimate of drug-likeness (QED) is 0.460. The topological polar surface area (TPSA) is 0 Å². The number of hydrogen-bond donors (Lipinski definition) is 0. The molecule has 1 aliphatic rings. The molecule has 1 aliphatic carbocycles. The first kappa shape index (κ1) is 5.99. The normalized spacial score (nSPS) is 55.5. The zero-order chi connectivity index (χ0) is 6.41. The second-order valence-corrected chi connectivity index (χ2v) is 3.18. The number of halogens is 2. The van der Waals surface area contributed by atoms with Gasteiger partial charge in [0.25, 0.3) is 0 Å². The van der Waals surface area contributed by atoms with Crippen molar-refractivity contribution in [3.63, 3.8) is 0 Å². The van der Waals surface area contributed by atoms with Gasteiger partial charge in [-0.15, -0.1) is 0 Å². The molecular formula is C6H10F2. The predicted octanol–water partition coefficient (Wildman–Crippen LogP) is 2.24. The van der Waals surface area contributed by atoms with E-state index in [1.54, 1.807) is 0 Å². The maximum atomic E-state index is 12.5. The Balaban J connectivity index is 2.42. The molecule has 0 aromatic heterocycles. The SMILES string of the molecule is CC1(F)CC(C)(F)C1. The van der Waals surface area contributed by atoms with E-state index in [1.807, 2.05) is 0 Å². The zero-order valence-electron chi connectivity index (χ0n) is 5.17. The summed E-state index contributed by atoms with van der Waals surface area (Å²) in [6, 6.07) is 0. The van der Waals surface area contributed by atoms with E-state index in [2.05, 4.69) is 0 Å². The molecule has 0 spiro atoms. The predicted molar refractivity (Wildman–Crippen MR) is 28.3 cm³/mol. The Kier molecular flexibility index (Phi) is 0.918. The van der Waals surface area contributed by atoms with Crippen LogP contribution in [0.4, 0.5) is 8.78 Å². The minimum atomic E-state index is -1.22. The number of alkyl halides is 2. The first-order valence-corrected chi connectivity index (χ1v) is 2.79. The van der Waals surface area contributed by atoms with E-state index in [-0.39, 0.29) is 12.8 Å². The smallest absolute Gasteiger partial charge is 0.114 e. The van der Waals surface area contributed by atoms with Crippen LogP contribution in [0.5, 0.6) is 0 Å². The molecule has 8 heavy (non-hydrogen) atoms. The third-order valence-electron chi connectivity index (χ3n) is 1.47. The Morgan fingerprint density at radius 3 is 1.25 bits per heavy atom. The summed E-state index contributed by atoms with van der Waals surface area (Å²) in [6.45, 7) is 2.88. The number of rotatable bonds is 0. The highest BCUT2D eigenvalue weighted by Crippen LogP contribution is 2.46. The van der Waals surface area contributed by atoms with Crippen molar-refractivity contribution in [2.24, 2.45) is 0 Å². The second kappa shape index (κ2) is 1.23. The summed E-state index contributed by atoms with van der Waals surface area (Å²) in [4.78, 5) is 0. The molecule has 0 unspecified atom stereocenters. The molecule has 0 radical (unpaired) electrons. The maximum Gasteiger partial charge on any atom is 0.114 e. The molecule has 2 heteroatoms. The van der Waals surface area contributed by atoms with E-state index < -0.39 is 11.3 Å². The van der Waals surface area contributed by atoms with Gasteiger partial charge in [-0.25, -0.2) is 8.78 Å². The molecule has 0 aromatic rings. The Morgan fingerprint density at radius 1 is 1.00 bits per heavy atom. The fraction of sp³-hybridized carbons (Fsp3) is 1.00. The van der Waals surface area contributed by atoms with E-state index >= 15 is 0 Å². The van der Waals surface area contributed by atoms with E-state index in [1.165, 1.54) is 13.8 Å². The highest BCUT2D eigenvalue weighted by molar-refractivity contribution is 5.00. The first-order chi connectivity index (χ1) is 3.41. The minimum Gasteiger partial charge on any atom is -0.244 e. The largest absolute Gasteiger partial charge is 0.244 e. The average molecular weight is 120 g/mol. The van der Waals surface area contributed by atoms with Crippen LogP contribution < -0.4 is 0 Å². The molecule has 0 aromatic carbocycles. The van der Waals surface area contributed by atoms with Gasteiger partial charge in [0, 0.05) is 12.8 Å². The van der Waals surface area contributed by atoms with Crippen LogP contribution in [-0.2, 0) is 0 Å². The van der Waals surface area contributed by atoms with E-state index in [0.29, 0.717) is 0 Å². The zero-order valence-corrected chi connectivity index (χ0v) is 5.17. The molecule has 48 valence electrons. The van der Waals surface area contributed by atoms with Crippen molar-refractivity contribution in [2.75, 3.05) is 0 Å². The lowest BCUT2D eigenvalue weighted by atomic mass is 9.72. The van der Waals surface area contributed by atoms with Crippen LogP contribution in [-0.4, -0.2) is 11.3 Å². The van der Waals surface area contributed by atoms with Gasteiger partial charge in [-0.3, -0.25) is 0 Å². The molecule has 0 saturated heterocycles. The van der Waals surface area contributed by atoms with E-state index in [9.17, 15) is 8.78 Å². The summed E-state index contributed by atoms with van der Waals surface area (Å²) in [7, 11) is 0. The van der Waals surface area contributed by atoms with Crippen LogP contribution in [0.1, 0.15) is 26.7 Å². The summed E-state index contributed by atoms with van der Waals surface area (Å²) in [6.07, 6.45) is 0.139. The lowest BCUT2D eigenvalue weighted by molar-refractivity contribution is -0.0643. The molecule has 0 aliphatic heterocycles. The Labute approximate surface area is 47.9 Å². The molecule has 0 heterocycles. The molecule has 0 amide bonds. The molecule has 1 saturated carbocycles. The molecule has 0 atom stereocenters. The van der Waals surface area contributed by atoms with Gasteiger partial charge in [0.05, 0.1) is 0 Å². The summed E-state index contributed by atoms with van der Waals surface area (Å²) < 4.78 is 24.9.